The van der Waals surface area contributed by atoms with Crippen molar-refractivity contribution in [2.45, 2.75) is 40.0 Å². The van der Waals surface area contributed by atoms with Crippen LogP contribution in [0.4, 0.5) is 0 Å². The van der Waals surface area contributed by atoms with Gasteiger partial charge in [-0.05, 0) is 18.8 Å². The van der Waals surface area contributed by atoms with E-state index in [4.69, 9.17) is 0 Å². The molecule has 0 saturated heterocycles. The first-order valence-electron chi connectivity index (χ1n) is 3.50. The van der Waals surface area contributed by atoms with Crippen LogP contribution >= 0.6 is 0 Å². The Morgan fingerprint density at radius 2 is 2.00 bits per heavy atom. The fourth-order valence-electron chi connectivity index (χ4n) is 0.568. The first kappa shape index (κ1) is 8.00. The third-order valence-electron chi connectivity index (χ3n) is 1.08. The fourth-order valence-corrected chi connectivity index (χ4v) is 0.568. The van der Waals surface area contributed by atoms with Gasteiger partial charge in [0.25, 0.3) is 0 Å². The van der Waals surface area contributed by atoms with E-state index in [-0.39, 0.29) is 0 Å². The molecule has 0 aliphatic rings. The Morgan fingerprint density at radius 3 is 2.38 bits per heavy atom. The summed E-state index contributed by atoms with van der Waals surface area (Å²) in [5.41, 5.74) is 0. The molecule has 0 nitrogen and oxygen atoms in total. The van der Waals surface area contributed by atoms with E-state index in [2.05, 4.69) is 27.2 Å². The molecule has 0 amide bonds. The number of hydrogen-bond acceptors (Lipinski definition) is 0. The van der Waals surface area contributed by atoms with Crippen molar-refractivity contribution in [1.82, 2.24) is 0 Å². The molecule has 0 saturated carbocycles. The van der Waals surface area contributed by atoms with Crippen LogP contribution in [0.2, 0.25) is 0 Å². The van der Waals surface area contributed by atoms with Crippen molar-refractivity contribution in [3.63, 3.8) is 0 Å². The molecule has 0 spiro atoms. The van der Waals surface area contributed by atoms with Gasteiger partial charge in [0.15, 0.2) is 0 Å². The maximum atomic E-state index is 3.35. The van der Waals surface area contributed by atoms with Crippen LogP contribution in [-0.4, -0.2) is 0 Å². The molecule has 2 radical (unpaired) electrons. The highest BCUT2D eigenvalue weighted by Crippen LogP contribution is 2.05. The van der Waals surface area contributed by atoms with E-state index in [9.17, 15) is 0 Å². The van der Waals surface area contributed by atoms with Crippen molar-refractivity contribution in [2.75, 3.05) is 0 Å². The number of rotatable bonds is 4. The van der Waals surface area contributed by atoms with Crippen LogP contribution in [0.1, 0.15) is 40.0 Å². The SMILES string of the molecule is CCCC[C]C(C)C. The molecule has 0 bridgehead atoms. The van der Waals surface area contributed by atoms with Gasteiger partial charge >= 0.3 is 0 Å². The highest BCUT2D eigenvalue weighted by atomic mass is 14.0. The van der Waals surface area contributed by atoms with Crippen LogP contribution in [-0.2, 0) is 0 Å². The third kappa shape index (κ3) is 6.00. The van der Waals surface area contributed by atoms with Gasteiger partial charge in [-0.15, -0.1) is 0 Å². The lowest BCUT2D eigenvalue weighted by Gasteiger charge is -1.99. The Balaban J connectivity index is 2.72. The second kappa shape index (κ2) is 5.14. The maximum Gasteiger partial charge on any atom is -0.0145 e. The Labute approximate surface area is 53.3 Å². The van der Waals surface area contributed by atoms with Gasteiger partial charge in [-0.2, -0.15) is 0 Å². The minimum absolute atomic E-state index is 0.654. The van der Waals surface area contributed by atoms with Gasteiger partial charge in [-0.3, -0.25) is 0 Å². The summed E-state index contributed by atoms with van der Waals surface area (Å²) < 4.78 is 0. The predicted molar refractivity (Wildman–Crippen MR) is 37.6 cm³/mol. The molecule has 0 atom stereocenters. The Hall–Kier alpha value is 0. The molecular weight excluding hydrogens is 96.1 g/mol. The summed E-state index contributed by atoms with van der Waals surface area (Å²) in [7, 11) is 0. The zero-order chi connectivity index (χ0) is 6.41. The van der Waals surface area contributed by atoms with E-state index < -0.39 is 0 Å². The third-order valence-corrected chi connectivity index (χ3v) is 1.08. The van der Waals surface area contributed by atoms with Crippen LogP contribution < -0.4 is 0 Å². The van der Waals surface area contributed by atoms with E-state index in [1.165, 1.54) is 19.3 Å². The van der Waals surface area contributed by atoms with Gasteiger partial charge in [0, 0.05) is 0 Å². The average molecular weight is 112 g/mol. The molecule has 0 unspecified atom stereocenters. The highest BCUT2D eigenvalue weighted by Gasteiger charge is 1.91. The molecule has 0 fully saturated rings. The predicted octanol–water partition coefficient (Wildman–Crippen LogP) is 2.91. The van der Waals surface area contributed by atoms with Gasteiger partial charge in [0.2, 0.25) is 0 Å². The smallest absolute Gasteiger partial charge is 0.0145 e. The molecule has 48 valence electrons. The van der Waals surface area contributed by atoms with Gasteiger partial charge in [0.05, 0.1) is 0 Å². The summed E-state index contributed by atoms with van der Waals surface area (Å²) >= 11 is 0. The van der Waals surface area contributed by atoms with E-state index in [0.717, 1.165) is 0 Å². The first-order chi connectivity index (χ1) is 3.77. The monoisotopic (exact) mass is 112 g/mol. The van der Waals surface area contributed by atoms with Crippen LogP contribution in [0, 0.1) is 12.3 Å². The molecule has 0 aliphatic heterocycles. The zero-order valence-electron chi connectivity index (χ0n) is 6.20. The lowest BCUT2D eigenvalue weighted by Crippen LogP contribution is -1.86. The molecule has 0 aliphatic carbocycles. The largest absolute Gasteiger partial charge is 0.0654 e. The summed E-state index contributed by atoms with van der Waals surface area (Å²) in [6.45, 7) is 6.56. The number of unbranched alkanes of at least 4 members (excludes halogenated alkanes) is 2. The van der Waals surface area contributed by atoms with Gasteiger partial charge in [-0.1, -0.05) is 33.6 Å². The van der Waals surface area contributed by atoms with Crippen molar-refractivity contribution >= 4 is 0 Å². The topological polar surface area (TPSA) is 0 Å². The van der Waals surface area contributed by atoms with Crippen molar-refractivity contribution in [3.05, 3.63) is 6.42 Å². The highest BCUT2D eigenvalue weighted by molar-refractivity contribution is 4.67. The summed E-state index contributed by atoms with van der Waals surface area (Å²) in [6.07, 6.45) is 7.12. The molecular formula is C8H16. The van der Waals surface area contributed by atoms with Gasteiger partial charge in [-0.25, -0.2) is 0 Å². The molecule has 0 aromatic carbocycles. The second-order valence-corrected chi connectivity index (χ2v) is 2.46. The first-order valence-corrected chi connectivity index (χ1v) is 3.50. The normalized spacial score (nSPS) is 10.5. The van der Waals surface area contributed by atoms with Crippen molar-refractivity contribution in [1.29, 1.82) is 0 Å². The Morgan fingerprint density at radius 1 is 1.38 bits per heavy atom. The van der Waals surface area contributed by atoms with Gasteiger partial charge < -0.3 is 0 Å². The molecule has 0 aromatic rings. The average Bonchev–Trinajstić information content (AvgIpc) is 1.66. The molecule has 0 aromatic heterocycles. The Kier molecular flexibility index (Phi) is 5.14. The minimum Gasteiger partial charge on any atom is -0.0654 e. The van der Waals surface area contributed by atoms with E-state index in [0.29, 0.717) is 5.92 Å². The molecule has 0 heteroatoms. The summed E-state index contributed by atoms with van der Waals surface area (Å²) in [5, 5.41) is 0. The lowest BCUT2D eigenvalue weighted by molar-refractivity contribution is 0.665. The standard InChI is InChI=1S/C8H16/c1-4-5-6-7-8(2)3/h8H,4-6H2,1-3H3. The summed E-state index contributed by atoms with van der Waals surface area (Å²) in [4.78, 5) is 0. The van der Waals surface area contributed by atoms with Crippen molar-refractivity contribution in [2.24, 2.45) is 5.92 Å². The van der Waals surface area contributed by atoms with Crippen molar-refractivity contribution < 1.29 is 0 Å². The minimum atomic E-state index is 0.654. The molecule has 0 N–H and O–H groups in total. The summed E-state index contributed by atoms with van der Waals surface area (Å²) in [5.74, 6) is 0.654. The molecule has 0 heterocycles. The summed E-state index contributed by atoms with van der Waals surface area (Å²) in [6, 6.07) is 0. The lowest BCUT2D eigenvalue weighted by atomic mass is 10.1. The van der Waals surface area contributed by atoms with E-state index >= 15 is 0 Å². The van der Waals surface area contributed by atoms with Crippen LogP contribution in [0.25, 0.3) is 0 Å². The maximum absolute atomic E-state index is 3.35. The van der Waals surface area contributed by atoms with Crippen LogP contribution in [0.3, 0.4) is 0 Å². The van der Waals surface area contributed by atoms with Gasteiger partial charge in [0.1, 0.15) is 0 Å². The second-order valence-electron chi connectivity index (χ2n) is 2.46. The fraction of sp³-hybridized carbons (Fsp3) is 0.875. The van der Waals surface area contributed by atoms with Crippen LogP contribution in [0.5, 0.6) is 0 Å². The van der Waals surface area contributed by atoms with E-state index in [1.807, 2.05) is 0 Å². The number of hydrogen-bond donors (Lipinski definition) is 0. The van der Waals surface area contributed by atoms with Crippen molar-refractivity contribution in [3.8, 4) is 0 Å². The molecule has 8 heavy (non-hydrogen) atoms. The quantitative estimate of drug-likeness (QED) is 0.490. The zero-order valence-corrected chi connectivity index (χ0v) is 6.20. The Bertz CT molecular complexity index is 37.3. The van der Waals surface area contributed by atoms with Crippen LogP contribution in [0.15, 0.2) is 0 Å². The van der Waals surface area contributed by atoms with E-state index in [1.54, 1.807) is 0 Å². The molecule has 0 rings (SSSR count).